The lowest BCUT2D eigenvalue weighted by molar-refractivity contribution is -0.153. The molecule has 0 fully saturated rings. The minimum absolute atomic E-state index is 0.0687. The number of halogens is 4. The SMILES string of the molecule is Cc1ccc(NC(=O)C=Cc2ccc(F)cc2)c(OCC(F)(F)F)c1. The second-order valence-corrected chi connectivity index (χ2v) is 5.28. The number of anilines is 1. The normalized spacial score (nSPS) is 11.6. The number of ether oxygens (including phenoxy) is 1. The molecule has 7 heteroatoms. The molecule has 3 nitrogen and oxygen atoms in total. The molecular formula is C18H15F4NO2. The molecule has 0 heterocycles. The van der Waals surface area contributed by atoms with Crippen molar-refractivity contribution in [1.29, 1.82) is 0 Å². The average Bonchev–Trinajstić information content (AvgIpc) is 2.54. The van der Waals surface area contributed by atoms with Crippen LogP contribution in [0.3, 0.4) is 0 Å². The molecule has 0 aliphatic heterocycles. The number of carbonyl (C=O) groups excluding carboxylic acids is 1. The van der Waals surface area contributed by atoms with Crippen molar-refractivity contribution in [3.8, 4) is 5.75 Å². The number of benzene rings is 2. The highest BCUT2D eigenvalue weighted by Gasteiger charge is 2.28. The first-order chi connectivity index (χ1) is 11.7. The Morgan fingerprint density at radius 3 is 2.48 bits per heavy atom. The molecule has 0 aliphatic carbocycles. The predicted molar refractivity (Wildman–Crippen MR) is 86.8 cm³/mol. The summed E-state index contributed by atoms with van der Waals surface area (Å²) in [6.07, 6.45) is -1.83. The zero-order chi connectivity index (χ0) is 18.4. The van der Waals surface area contributed by atoms with E-state index in [1.807, 2.05) is 0 Å². The van der Waals surface area contributed by atoms with E-state index >= 15 is 0 Å². The number of nitrogens with one attached hydrogen (secondary N) is 1. The monoisotopic (exact) mass is 353 g/mol. The third kappa shape index (κ3) is 6.29. The molecule has 0 spiro atoms. The van der Waals surface area contributed by atoms with Crippen LogP contribution < -0.4 is 10.1 Å². The van der Waals surface area contributed by atoms with Crippen LogP contribution in [0.15, 0.2) is 48.5 Å². The van der Waals surface area contributed by atoms with Crippen molar-refractivity contribution in [2.75, 3.05) is 11.9 Å². The van der Waals surface area contributed by atoms with Crippen LogP contribution in [0.1, 0.15) is 11.1 Å². The van der Waals surface area contributed by atoms with Gasteiger partial charge in [-0.15, -0.1) is 0 Å². The maximum Gasteiger partial charge on any atom is 0.422 e. The molecule has 1 N–H and O–H groups in total. The standard InChI is InChI=1S/C18H15F4NO2/c1-12-2-8-15(16(10-12)25-11-18(20,21)22)23-17(24)9-5-13-3-6-14(19)7-4-13/h2-10H,11H2,1H3,(H,23,24). The lowest BCUT2D eigenvalue weighted by Gasteiger charge is -2.14. The summed E-state index contributed by atoms with van der Waals surface area (Å²) in [6, 6.07) is 9.99. The number of carbonyl (C=O) groups is 1. The molecule has 0 aromatic heterocycles. The summed E-state index contributed by atoms with van der Waals surface area (Å²) in [6.45, 7) is 0.241. The van der Waals surface area contributed by atoms with Gasteiger partial charge in [-0.2, -0.15) is 13.2 Å². The van der Waals surface area contributed by atoms with Crippen molar-refractivity contribution in [1.82, 2.24) is 0 Å². The fourth-order valence-corrected chi connectivity index (χ4v) is 1.93. The molecule has 0 saturated heterocycles. The van der Waals surface area contributed by atoms with E-state index in [1.54, 1.807) is 13.0 Å². The second-order valence-electron chi connectivity index (χ2n) is 5.28. The maximum atomic E-state index is 12.8. The molecular weight excluding hydrogens is 338 g/mol. The van der Waals surface area contributed by atoms with E-state index in [0.717, 1.165) is 0 Å². The van der Waals surface area contributed by atoms with Crippen LogP contribution in [0.25, 0.3) is 6.08 Å². The molecule has 132 valence electrons. The first-order valence-electron chi connectivity index (χ1n) is 7.28. The van der Waals surface area contributed by atoms with Gasteiger partial charge in [0.2, 0.25) is 5.91 Å². The highest BCUT2D eigenvalue weighted by Crippen LogP contribution is 2.28. The van der Waals surface area contributed by atoms with Gasteiger partial charge in [-0.25, -0.2) is 4.39 Å². The molecule has 1 amide bonds. The van der Waals surface area contributed by atoms with Gasteiger partial charge in [0.1, 0.15) is 11.6 Å². The van der Waals surface area contributed by atoms with Crippen LogP contribution in [-0.4, -0.2) is 18.7 Å². The lowest BCUT2D eigenvalue weighted by atomic mass is 10.2. The van der Waals surface area contributed by atoms with Gasteiger partial charge < -0.3 is 10.1 Å². The van der Waals surface area contributed by atoms with Gasteiger partial charge in [0, 0.05) is 6.08 Å². The van der Waals surface area contributed by atoms with E-state index in [2.05, 4.69) is 5.32 Å². The molecule has 2 rings (SSSR count). The van der Waals surface area contributed by atoms with Gasteiger partial charge in [-0.1, -0.05) is 18.2 Å². The fraction of sp³-hybridized carbons (Fsp3) is 0.167. The van der Waals surface area contributed by atoms with Crippen molar-refractivity contribution in [2.24, 2.45) is 0 Å². The summed E-state index contributed by atoms with van der Waals surface area (Å²) in [5.41, 5.74) is 1.43. The van der Waals surface area contributed by atoms with Gasteiger partial charge in [0.25, 0.3) is 0 Å². The molecule has 0 bridgehead atoms. The average molecular weight is 353 g/mol. The number of alkyl halides is 3. The molecule has 0 unspecified atom stereocenters. The van der Waals surface area contributed by atoms with Crippen LogP contribution in [0.4, 0.5) is 23.2 Å². The Hall–Kier alpha value is -2.83. The smallest absolute Gasteiger partial charge is 0.422 e. The largest absolute Gasteiger partial charge is 0.482 e. The van der Waals surface area contributed by atoms with E-state index in [9.17, 15) is 22.4 Å². The lowest BCUT2D eigenvalue weighted by Crippen LogP contribution is -2.20. The van der Waals surface area contributed by atoms with Crippen LogP contribution >= 0.6 is 0 Å². The fourth-order valence-electron chi connectivity index (χ4n) is 1.93. The van der Waals surface area contributed by atoms with Crippen LogP contribution in [0.5, 0.6) is 5.75 Å². The van der Waals surface area contributed by atoms with Crippen molar-refractivity contribution in [3.63, 3.8) is 0 Å². The first kappa shape index (κ1) is 18.5. The number of amides is 1. The van der Waals surface area contributed by atoms with E-state index in [4.69, 9.17) is 4.74 Å². The highest BCUT2D eigenvalue weighted by molar-refractivity contribution is 6.02. The number of hydrogen-bond acceptors (Lipinski definition) is 2. The molecule has 0 aliphatic rings. The van der Waals surface area contributed by atoms with Gasteiger partial charge in [0.15, 0.2) is 6.61 Å². The first-order valence-corrected chi connectivity index (χ1v) is 7.28. The molecule has 2 aromatic carbocycles. The van der Waals surface area contributed by atoms with E-state index in [-0.39, 0.29) is 11.4 Å². The van der Waals surface area contributed by atoms with Crippen molar-refractivity contribution in [2.45, 2.75) is 13.1 Å². The van der Waals surface area contributed by atoms with Gasteiger partial charge in [0.05, 0.1) is 5.69 Å². The Labute approximate surface area is 141 Å². The van der Waals surface area contributed by atoms with Gasteiger partial charge in [-0.05, 0) is 48.4 Å². The minimum Gasteiger partial charge on any atom is -0.482 e. The van der Waals surface area contributed by atoms with Gasteiger partial charge in [-0.3, -0.25) is 4.79 Å². The Bertz CT molecular complexity index is 768. The number of aryl methyl sites for hydroxylation is 1. The summed E-state index contributed by atoms with van der Waals surface area (Å²) < 4.78 is 54.5. The predicted octanol–water partition coefficient (Wildman–Crippen LogP) is 4.73. The van der Waals surface area contributed by atoms with Crippen LogP contribution in [-0.2, 0) is 4.79 Å². The van der Waals surface area contributed by atoms with Crippen molar-refractivity contribution >= 4 is 17.7 Å². The van der Waals surface area contributed by atoms with E-state index in [0.29, 0.717) is 11.1 Å². The Balaban J connectivity index is 2.07. The summed E-state index contributed by atoms with van der Waals surface area (Å²) in [5, 5.41) is 2.46. The summed E-state index contributed by atoms with van der Waals surface area (Å²) >= 11 is 0. The van der Waals surface area contributed by atoms with E-state index in [1.165, 1.54) is 48.6 Å². The number of hydrogen-bond donors (Lipinski definition) is 1. The molecule has 2 aromatic rings. The van der Waals surface area contributed by atoms with E-state index < -0.39 is 24.5 Å². The Morgan fingerprint density at radius 1 is 1.16 bits per heavy atom. The highest BCUT2D eigenvalue weighted by atomic mass is 19.4. The summed E-state index contributed by atoms with van der Waals surface area (Å²) in [5.74, 6) is -1.02. The third-order valence-corrected chi connectivity index (χ3v) is 3.08. The third-order valence-electron chi connectivity index (χ3n) is 3.08. The summed E-state index contributed by atoms with van der Waals surface area (Å²) in [4.78, 5) is 11.9. The zero-order valence-corrected chi connectivity index (χ0v) is 13.2. The van der Waals surface area contributed by atoms with Crippen molar-refractivity contribution in [3.05, 3.63) is 65.5 Å². The van der Waals surface area contributed by atoms with Gasteiger partial charge >= 0.3 is 6.18 Å². The zero-order valence-electron chi connectivity index (χ0n) is 13.2. The minimum atomic E-state index is -4.48. The second kappa shape index (κ2) is 7.83. The Kier molecular flexibility index (Phi) is 5.80. The van der Waals surface area contributed by atoms with Crippen LogP contribution in [0.2, 0.25) is 0 Å². The number of rotatable bonds is 5. The Morgan fingerprint density at radius 2 is 1.84 bits per heavy atom. The molecule has 0 radical (unpaired) electrons. The molecule has 25 heavy (non-hydrogen) atoms. The quantitative estimate of drug-likeness (QED) is 0.624. The molecule has 0 atom stereocenters. The molecule has 0 saturated carbocycles. The van der Waals surface area contributed by atoms with Crippen molar-refractivity contribution < 1.29 is 27.1 Å². The summed E-state index contributed by atoms with van der Waals surface area (Å²) in [7, 11) is 0. The van der Waals surface area contributed by atoms with Crippen LogP contribution in [0, 0.1) is 12.7 Å². The topological polar surface area (TPSA) is 38.3 Å². The maximum absolute atomic E-state index is 12.8.